The standard InChI is InChI=1S/C13H15I2N3O3S/c1-3-16-13(22)18-17-6-8-4-9(14)12(10(15)5-8)21-7-11(19)20-2/h4-6H,3,7H2,1-2H3,(H2,16,18,22)/b17-6-. The summed E-state index contributed by atoms with van der Waals surface area (Å²) in [7, 11) is 1.33. The number of methoxy groups -OCH3 is 1. The van der Waals surface area contributed by atoms with E-state index < -0.39 is 5.97 Å². The van der Waals surface area contributed by atoms with Gasteiger partial charge in [-0.15, -0.1) is 0 Å². The maximum absolute atomic E-state index is 11.1. The summed E-state index contributed by atoms with van der Waals surface area (Å²) in [6, 6.07) is 3.80. The van der Waals surface area contributed by atoms with Gasteiger partial charge in [-0.05, 0) is 82.0 Å². The van der Waals surface area contributed by atoms with E-state index in [4.69, 9.17) is 17.0 Å². The number of hydrogen-bond acceptors (Lipinski definition) is 5. The predicted molar refractivity (Wildman–Crippen MR) is 106 cm³/mol. The lowest BCUT2D eigenvalue weighted by Gasteiger charge is -2.10. The van der Waals surface area contributed by atoms with Gasteiger partial charge in [0.15, 0.2) is 11.7 Å². The Bertz CT molecular complexity index is 559. The summed E-state index contributed by atoms with van der Waals surface area (Å²) >= 11 is 9.30. The number of nitrogens with zero attached hydrogens (tertiary/aromatic N) is 1. The van der Waals surface area contributed by atoms with Crippen LogP contribution in [0.3, 0.4) is 0 Å². The summed E-state index contributed by atoms with van der Waals surface area (Å²) in [4.78, 5) is 11.1. The van der Waals surface area contributed by atoms with Crippen molar-refractivity contribution in [2.75, 3.05) is 20.3 Å². The van der Waals surface area contributed by atoms with Crippen molar-refractivity contribution in [2.24, 2.45) is 5.10 Å². The number of halogens is 2. The minimum Gasteiger partial charge on any atom is -0.480 e. The molecule has 1 aromatic rings. The normalized spacial score (nSPS) is 10.4. The number of nitrogens with one attached hydrogen (secondary N) is 2. The molecule has 9 heteroatoms. The van der Waals surface area contributed by atoms with Crippen molar-refractivity contribution < 1.29 is 14.3 Å². The quantitative estimate of drug-likeness (QED) is 0.187. The molecule has 0 spiro atoms. The molecule has 120 valence electrons. The van der Waals surface area contributed by atoms with Gasteiger partial charge in [0.2, 0.25) is 0 Å². The van der Waals surface area contributed by atoms with E-state index in [9.17, 15) is 4.79 Å². The van der Waals surface area contributed by atoms with Gasteiger partial charge in [0.1, 0.15) is 5.75 Å². The Balaban J connectivity index is 2.74. The molecule has 1 aromatic carbocycles. The molecular formula is C13H15I2N3O3S. The molecule has 0 aliphatic heterocycles. The van der Waals surface area contributed by atoms with Crippen molar-refractivity contribution in [1.82, 2.24) is 10.7 Å². The number of hydrogen-bond donors (Lipinski definition) is 2. The zero-order chi connectivity index (χ0) is 16.5. The zero-order valence-corrected chi connectivity index (χ0v) is 17.1. The van der Waals surface area contributed by atoms with Gasteiger partial charge in [0.05, 0.1) is 20.5 Å². The maximum atomic E-state index is 11.1. The van der Waals surface area contributed by atoms with Crippen molar-refractivity contribution in [3.05, 3.63) is 24.8 Å². The number of hydrazone groups is 1. The number of rotatable bonds is 6. The van der Waals surface area contributed by atoms with Crippen molar-refractivity contribution in [3.8, 4) is 5.75 Å². The number of carbonyl (C=O) groups is 1. The summed E-state index contributed by atoms with van der Waals surface area (Å²) in [6.45, 7) is 2.58. The second kappa shape index (κ2) is 10.2. The van der Waals surface area contributed by atoms with Gasteiger partial charge in [0.25, 0.3) is 0 Å². The second-order valence-electron chi connectivity index (χ2n) is 3.91. The average molecular weight is 547 g/mol. The Morgan fingerprint density at radius 1 is 1.41 bits per heavy atom. The molecule has 0 aromatic heterocycles. The van der Waals surface area contributed by atoms with Crippen LogP contribution in [-0.4, -0.2) is 37.6 Å². The Morgan fingerprint density at radius 2 is 2.05 bits per heavy atom. The highest BCUT2D eigenvalue weighted by molar-refractivity contribution is 14.1. The lowest BCUT2D eigenvalue weighted by atomic mass is 10.2. The van der Waals surface area contributed by atoms with Crippen molar-refractivity contribution in [3.63, 3.8) is 0 Å². The predicted octanol–water partition coefficient (Wildman–Crippen LogP) is 2.27. The molecule has 0 heterocycles. The molecule has 1 rings (SSSR count). The molecule has 2 N–H and O–H groups in total. The highest BCUT2D eigenvalue weighted by atomic mass is 127. The van der Waals surface area contributed by atoms with Gasteiger partial charge in [-0.25, -0.2) is 4.79 Å². The minimum absolute atomic E-state index is 0.117. The monoisotopic (exact) mass is 547 g/mol. The van der Waals surface area contributed by atoms with Crippen molar-refractivity contribution in [1.29, 1.82) is 0 Å². The third-order valence-corrected chi connectivity index (χ3v) is 4.14. The SMILES string of the molecule is CCNC(=S)N/N=C\c1cc(I)c(OCC(=O)OC)c(I)c1. The summed E-state index contributed by atoms with van der Waals surface area (Å²) < 4.78 is 11.8. The third kappa shape index (κ3) is 6.60. The van der Waals surface area contributed by atoms with E-state index in [1.165, 1.54) is 7.11 Å². The molecule has 0 aliphatic carbocycles. The van der Waals surface area contributed by atoms with Crippen molar-refractivity contribution in [2.45, 2.75) is 6.92 Å². The fourth-order valence-electron chi connectivity index (χ4n) is 1.35. The number of carbonyl (C=O) groups excluding carboxylic acids is 1. The second-order valence-corrected chi connectivity index (χ2v) is 6.64. The molecule has 0 saturated heterocycles. The van der Waals surface area contributed by atoms with E-state index in [-0.39, 0.29) is 6.61 Å². The number of esters is 1. The number of benzene rings is 1. The third-order valence-electron chi connectivity index (χ3n) is 2.30. The maximum Gasteiger partial charge on any atom is 0.343 e. The highest BCUT2D eigenvalue weighted by Crippen LogP contribution is 2.28. The summed E-state index contributed by atoms with van der Waals surface area (Å²) in [5.74, 6) is 0.234. The molecule has 0 fully saturated rings. The fraction of sp³-hybridized carbons (Fsp3) is 0.308. The van der Waals surface area contributed by atoms with Crippen LogP contribution in [0.15, 0.2) is 17.2 Å². The Labute approximate surface area is 161 Å². The first-order chi connectivity index (χ1) is 10.5. The van der Waals surface area contributed by atoms with Gasteiger partial charge in [-0.3, -0.25) is 5.43 Å². The molecule has 0 amide bonds. The zero-order valence-electron chi connectivity index (χ0n) is 12.0. The molecule has 0 atom stereocenters. The first kappa shape index (κ1) is 19.4. The van der Waals surface area contributed by atoms with E-state index in [0.29, 0.717) is 10.9 Å². The van der Waals surface area contributed by atoms with E-state index >= 15 is 0 Å². The molecular weight excluding hydrogens is 532 g/mol. The van der Waals surface area contributed by atoms with E-state index in [0.717, 1.165) is 19.2 Å². The first-order valence-electron chi connectivity index (χ1n) is 6.23. The molecule has 0 bridgehead atoms. The summed E-state index contributed by atoms with van der Waals surface area (Å²) in [5, 5.41) is 7.47. The van der Waals surface area contributed by atoms with Gasteiger partial charge in [-0.2, -0.15) is 5.10 Å². The number of thiocarbonyl (C=S) groups is 1. The average Bonchev–Trinajstić information content (AvgIpc) is 2.46. The van der Waals surface area contributed by atoms with Crippen LogP contribution < -0.4 is 15.5 Å². The van der Waals surface area contributed by atoms with E-state index in [1.807, 2.05) is 19.1 Å². The largest absolute Gasteiger partial charge is 0.480 e. The van der Waals surface area contributed by atoms with Crippen LogP contribution >= 0.6 is 57.4 Å². The summed E-state index contributed by atoms with van der Waals surface area (Å²) in [5.41, 5.74) is 3.62. The van der Waals surface area contributed by atoms with Crippen LogP contribution in [0.2, 0.25) is 0 Å². The van der Waals surface area contributed by atoms with Gasteiger partial charge in [-0.1, -0.05) is 0 Å². The van der Waals surface area contributed by atoms with Crippen LogP contribution in [0.4, 0.5) is 0 Å². The lowest BCUT2D eigenvalue weighted by molar-refractivity contribution is -0.142. The van der Waals surface area contributed by atoms with Gasteiger partial charge in [0, 0.05) is 6.54 Å². The molecule has 0 radical (unpaired) electrons. The lowest BCUT2D eigenvalue weighted by Crippen LogP contribution is -2.31. The summed E-state index contributed by atoms with van der Waals surface area (Å²) in [6.07, 6.45) is 1.66. The minimum atomic E-state index is -0.418. The molecule has 6 nitrogen and oxygen atoms in total. The van der Waals surface area contributed by atoms with E-state index in [1.54, 1.807) is 6.21 Å². The van der Waals surface area contributed by atoms with Crippen LogP contribution in [0, 0.1) is 7.14 Å². The van der Waals surface area contributed by atoms with Crippen LogP contribution in [0.1, 0.15) is 12.5 Å². The van der Waals surface area contributed by atoms with Crippen LogP contribution in [0.25, 0.3) is 0 Å². The van der Waals surface area contributed by atoms with Crippen LogP contribution in [-0.2, 0) is 9.53 Å². The van der Waals surface area contributed by atoms with Gasteiger partial charge < -0.3 is 14.8 Å². The van der Waals surface area contributed by atoms with Crippen LogP contribution in [0.5, 0.6) is 5.75 Å². The Hall–Kier alpha value is -0.690. The van der Waals surface area contributed by atoms with E-state index in [2.05, 4.69) is 65.8 Å². The molecule has 0 unspecified atom stereocenters. The first-order valence-corrected chi connectivity index (χ1v) is 8.80. The molecule has 0 aliphatic rings. The Morgan fingerprint density at radius 3 is 2.59 bits per heavy atom. The topological polar surface area (TPSA) is 72.0 Å². The Kier molecular flexibility index (Phi) is 8.93. The highest BCUT2D eigenvalue weighted by Gasteiger charge is 2.10. The fourth-order valence-corrected chi connectivity index (χ4v) is 3.67. The van der Waals surface area contributed by atoms with Crippen molar-refractivity contribution >= 4 is 74.7 Å². The molecule has 0 saturated carbocycles. The van der Waals surface area contributed by atoms with Gasteiger partial charge >= 0.3 is 5.97 Å². The number of ether oxygens (including phenoxy) is 2. The molecule has 22 heavy (non-hydrogen) atoms. The smallest absolute Gasteiger partial charge is 0.343 e.